The Labute approximate surface area is 125 Å². The summed E-state index contributed by atoms with van der Waals surface area (Å²) in [7, 11) is -3.37. The number of H-pyrrole nitrogens is 1. The second-order valence-corrected chi connectivity index (χ2v) is 7.41. The molecule has 1 aliphatic rings. The first kappa shape index (κ1) is 14.3. The summed E-state index contributed by atoms with van der Waals surface area (Å²) in [6.07, 6.45) is 5.16. The lowest BCUT2D eigenvalue weighted by atomic mass is 9.98. The molecule has 112 valence electrons. The summed E-state index contributed by atoms with van der Waals surface area (Å²) in [5.41, 5.74) is 0.960. The molecule has 0 atom stereocenters. The number of imidazole rings is 1. The Morgan fingerprint density at radius 2 is 2.05 bits per heavy atom. The van der Waals surface area contributed by atoms with Gasteiger partial charge in [0.25, 0.3) is 0 Å². The Bertz CT molecular complexity index is 702. The number of nitrogens with one attached hydrogen (secondary N) is 1. The molecule has 0 amide bonds. The van der Waals surface area contributed by atoms with Gasteiger partial charge in [0.05, 0.1) is 4.90 Å². The van der Waals surface area contributed by atoms with Crippen LogP contribution in [0.15, 0.2) is 41.6 Å². The molecule has 0 spiro atoms. The number of hydrogen-bond acceptors (Lipinski definition) is 3. The molecule has 1 aromatic carbocycles. The third kappa shape index (κ3) is 2.87. The summed E-state index contributed by atoms with van der Waals surface area (Å²) in [6.45, 7) is 2.99. The van der Waals surface area contributed by atoms with Crippen molar-refractivity contribution in [1.29, 1.82) is 0 Å². The van der Waals surface area contributed by atoms with E-state index in [2.05, 4.69) is 9.97 Å². The van der Waals surface area contributed by atoms with Crippen molar-refractivity contribution in [2.24, 2.45) is 0 Å². The van der Waals surface area contributed by atoms with Gasteiger partial charge in [-0.05, 0) is 37.5 Å². The van der Waals surface area contributed by atoms with E-state index in [1.165, 1.54) is 0 Å². The summed E-state index contributed by atoms with van der Waals surface area (Å²) >= 11 is 0. The Kier molecular flexibility index (Phi) is 3.82. The van der Waals surface area contributed by atoms with Crippen molar-refractivity contribution in [1.82, 2.24) is 14.3 Å². The lowest BCUT2D eigenvalue weighted by Gasteiger charge is -2.30. The topological polar surface area (TPSA) is 66.1 Å². The van der Waals surface area contributed by atoms with E-state index in [0.717, 1.165) is 24.2 Å². The minimum absolute atomic E-state index is 0.323. The van der Waals surface area contributed by atoms with Crippen molar-refractivity contribution in [2.45, 2.75) is 30.6 Å². The number of benzene rings is 1. The predicted octanol–water partition coefficient (Wildman–Crippen LogP) is 2.29. The van der Waals surface area contributed by atoms with Gasteiger partial charge in [-0.2, -0.15) is 4.31 Å². The van der Waals surface area contributed by atoms with Crippen molar-refractivity contribution in [3.63, 3.8) is 0 Å². The second-order valence-electron chi connectivity index (χ2n) is 5.47. The zero-order chi connectivity index (χ0) is 14.9. The second kappa shape index (κ2) is 5.61. The fourth-order valence-corrected chi connectivity index (χ4v) is 4.37. The van der Waals surface area contributed by atoms with Gasteiger partial charge in [0.1, 0.15) is 5.82 Å². The smallest absolute Gasteiger partial charge is 0.243 e. The van der Waals surface area contributed by atoms with Crippen molar-refractivity contribution in [3.05, 3.63) is 48.0 Å². The van der Waals surface area contributed by atoms with Gasteiger partial charge in [-0.1, -0.05) is 12.1 Å². The van der Waals surface area contributed by atoms with E-state index >= 15 is 0 Å². The standard InChI is InChI=1S/C15H19N3O2S/c1-12-3-2-4-14(11-12)21(19,20)18-9-5-13(6-10-18)15-16-7-8-17-15/h2-4,7-8,11,13H,5-6,9-10H2,1H3,(H,16,17). The van der Waals surface area contributed by atoms with Crippen molar-refractivity contribution in [2.75, 3.05) is 13.1 Å². The average molecular weight is 305 g/mol. The highest BCUT2D eigenvalue weighted by atomic mass is 32.2. The fourth-order valence-electron chi connectivity index (χ4n) is 2.80. The number of aromatic nitrogens is 2. The number of rotatable bonds is 3. The number of piperidine rings is 1. The van der Waals surface area contributed by atoms with Gasteiger partial charge in [0.15, 0.2) is 0 Å². The minimum atomic E-state index is -3.37. The van der Waals surface area contributed by atoms with Gasteiger partial charge >= 0.3 is 0 Å². The summed E-state index contributed by atoms with van der Waals surface area (Å²) in [5.74, 6) is 1.28. The third-order valence-electron chi connectivity index (χ3n) is 3.99. The largest absolute Gasteiger partial charge is 0.348 e. The van der Waals surface area contributed by atoms with Gasteiger partial charge in [0, 0.05) is 31.4 Å². The third-order valence-corrected chi connectivity index (χ3v) is 5.88. The van der Waals surface area contributed by atoms with E-state index in [-0.39, 0.29) is 0 Å². The summed E-state index contributed by atoms with van der Waals surface area (Å²) in [6, 6.07) is 7.09. The monoisotopic (exact) mass is 305 g/mol. The molecule has 0 bridgehead atoms. The van der Waals surface area contributed by atoms with E-state index in [4.69, 9.17) is 0 Å². The zero-order valence-corrected chi connectivity index (χ0v) is 12.8. The molecule has 1 aromatic heterocycles. The van der Waals surface area contributed by atoms with Crippen molar-refractivity contribution in [3.8, 4) is 0 Å². The summed E-state index contributed by atoms with van der Waals surface area (Å²) < 4.78 is 26.9. The highest BCUT2D eigenvalue weighted by Gasteiger charge is 2.30. The number of aryl methyl sites for hydroxylation is 1. The molecule has 0 radical (unpaired) electrons. The maximum Gasteiger partial charge on any atom is 0.243 e. The van der Waals surface area contributed by atoms with E-state index in [0.29, 0.717) is 23.9 Å². The van der Waals surface area contributed by atoms with E-state index in [1.54, 1.807) is 28.7 Å². The zero-order valence-electron chi connectivity index (χ0n) is 12.0. The normalized spacial score (nSPS) is 18.0. The van der Waals surface area contributed by atoms with Crippen LogP contribution in [-0.2, 0) is 10.0 Å². The molecule has 0 saturated carbocycles. The highest BCUT2D eigenvalue weighted by Crippen LogP contribution is 2.28. The molecule has 6 heteroatoms. The van der Waals surface area contributed by atoms with Crippen molar-refractivity contribution >= 4 is 10.0 Å². The average Bonchev–Trinajstić information content (AvgIpc) is 3.02. The molecule has 2 aromatic rings. The van der Waals surface area contributed by atoms with E-state index in [1.807, 2.05) is 19.2 Å². The maximum atomic E-state index is 12.6. The molecule has 0 unspecified atom stereocenters. The van der Waals surface area contributed by atoms with Gasteiger partial charge in [-0.15, -0.1) is 0 Å². The van der Waals surface area contributed by atoms with Crippen LogP contribution in [0.4, 0.5) is 0 Å². The number of aromatic amines is 1. The lowest BCUT2D eigenvalue weighted by molar-refractivity contribution is 0.314. The van der Waals surface area contributed by atoms with Crippen LogP contribution in [0.2, 0.25) is 0 Å². The first-order valence-corrected chi connectivity index (χ1v) is 8.57. The van der Waals surface area contributed by atoms with Gasteiger partial charge in [-0.25, -0.2) is 13.4 Å². The Balaban J connectivity index is 1.74. The molecule has 1 fully saturated rings. The van der Waals surface area contributed by atoms with Gasteiger partial charge < -0.3 is 4.98 Å². The minimum Gasteiger partial charge on any atom is -0.348 e. The summed E-state index contributed by atoms with van der Waals surface area (Å²) in [4.78, 5) is 7.78. The maximum absolute atomic E-state index is 12.6. The predicted molar refractivity (Wildman–Crippen MR) is 80.5 cm³/mol. The molecule has 1 saturated heterocycles. The quantitative estimate of drug-likeness (QED) is 0.946. The van der Waals surface area contributed by atoms with E-state index < -0.39 is 10.0 Å². The number of hydrogen-bond donors (Lipinski definition) is 1. The molecular weight excluding hydrogens is 286 g/mol. The van der Waals surface area contributed by atoms with Crippen LogP contribution in [0.1, 0.15) is 30.1 Å². The molecule has 1 N–H and O–H groups in total. The molecule has 3 rings (SSSR count). The lowest BCUT2D eigenvalue weighted by Crippen LogP contribution is -2.38. The number of nitrogens with zero attached hydrogens (tertiary/aromatic N) is 2. The molecule has 5 nitrogen and oxygen atoms in total. The number of sulfonamides is 1. The van der Waals surface area contributed by atoms with Crippen LogP contribution in [0.3, 0.4) is 0 Å². The van der Waals surface area contributed by atoms with Crippen LogP contribution < -0.4 is 0 Å². The van der Waals surface area contributed by atoms with E-state index in [9.17, 15) is 8.42 Å². The molecule has 1 aliphatic heterocycles. The van der Waals surface area contributed by atoms with Crippen LogP contribution in [0.5, 0.6) is 0 Å². The van der Waals surface area contributed by atoms with Gasteiger partial charge in [0.2, 0.25) is 10.0 Å². The molecule has 0 aliphatic carbocycles. The van der Waals surface area contributed by atoms with Crippen LogP contribution >= 0.6 is 0 Å². The Hall–Kier alpha value is -1.66. The van der Waals surface area contributed by atoms with Crippen molar-refractivity contribution < 1.29 is 8.42 Å². The summed E-state index contributed by atoms with van der Waals surface area (Å²) in [5, 5.41) is 0. The molecule has 2 heterocycles. The molecule has 21 heavy (non-hydrogen) atoms. The van der Waals surface area contributed by atoms with Crippen LogP contribution in [-0.4, -0.2) is 35.8 Å². The Morgan fingerprint density at radius 3 is 2.67 bits per heavy atom. The molecular formula is C15H19N3O2S. The van der Waals surface area contributed by atoms with Crippen LogP contribution in [0, 0.1) is 6.92 Å². The van der Waals surface area contributed by atoms with Crippen LogP contribution in [0.25, 0.3) is 0 Å². The fraction of sp³-hybridized carbons (Fsp3) is 0.400. The highest BCUT2D eigenvalue weighted by molar-refractivity contribution is 7.89. The first-order valence-electron chi connectivity index (χ1n) is 7.13. The Morgan fingerprint density at radius 1 is 1.29 bits per heavy atom. The SMILES string of the molecule is Cc1cccc(S(=O)(=O)N2CCC(c3ncc[nH]3)CC2)c1. The first-order chi connectivity index (χ1) is 10.1. The van der Waals surface area contributed by atoms with Gasteiger partial charge in [-0.3, -0.25) is 0 Å².